The van der Waals surface area contributed by atoms with Crippen molar-refractivity contribution in [1.82, 2.24) is 4.90 Å². The molecule has 0 N–H and O–H groups in total. The van der Waals surface area contributed by atoms with Gasteiger partial charge in [-0.1, -0.05) is 12.1 Å². The Labute approximate surface area is 126 Å². The zero-order chi connectivity index (χ0) is 15.0. The quantitative estimate of drug-likeness (QED) is 0.832. The van der Waals surface area contributed by atoms with Crippen molar-refractivity contribution in [3.8, 4) is 5.75 Å². The normalized spacial score (nSPS) is 25.3. The molecule has 114 valence electrons. The Hall–Kier alpha value is -1.71. The van der Waals surface area contributed by atoms with Gasteiger partial charge in [0, 0.05) is 11.6 Å². The number of cyclic esters (lactones) is 1. The first-order valence-electron chi connectivity index (χ1n) is 7.71. The molecule has 1 heterocycles. The minimum atomic E-state index is -0.597. The fraction of sp³-hybridized carbons (Fsp3) is 0.588. The van der Waals surface area contributed by atoms with E-state index in [0.29, 0.717) is 6.54 Å². The van der Waals surface area contributed by atoms with Gasteiger partial charge in [0.1, 0.15) is 5.75 Å². The van der Waals surface area contributed by atoms with E-state index >= 15 is 0 Å². The SMILES string of the molecule is CC(C)N1CC(C)(c2cccc(OCC3CC3)c2)OC1=O. The monoisotopic (exact) mass is 289 g/mol. The van der Waals surface area contributed by atoms with Crippen molar-refractivity contribution in [2.45, 2.75) is 45.3 Å². The Morgan fingerprint density at radius 1 is 1.43 bits per heavy atom. The van der Waals surface area contributed by atoms with E-state index in [4.69, 9.17) is 9.47 Å². The van der Waals surface area contributed by atoms with Crippen LogP contribution in [-0.2, 0) is 10.3 Å². The predicted octanol–water partition coefficient (Wildman–Crippen LogP) is 3.55. The van der Waals surface area contributed by atoms with Crippen LogP contribution in [0.4, 0.5) is 4.79 Å². The van der Waals surface area contributed by atoms with Crippen molar-refractivity contribution in [3.63, 3.8) is 0 Å². The van der Waals surface area contributed by atoms with Gasteiger partial charge in [-0.15, -0.1) is 0 Å². The lowest BCUT2D eigenvalue weighted by molar-refractivity contribution is 0.0697. The van der Waals surface area contributed by atoms with Crippen LogP contribution < -0.4 is 4.74 Å². The van der Waals surface area contributed by atoms with Crippen LogP contribution in [0.2, 0.25) is 0 Å². The topological polar surface area (TPSA) is 38.8 Å². The van der Waals surface area contributed by atoms with Gasteiger partial charge in [-0.05, 0) is 51.7 Å². The number of carbonyl (C=O) groups is 1. The molecule has 0 radical (unpaired) electrons. The fourth-order valence-corrected chi connectivity index (χ4v) is 2.63. The smallest absolute Gasteiger partial charge is 0.411 e. The Balaban J connectivity index is 1.75. The lowest BCUT2D eigenvalue weighted by Gasteiger charge is -2.24. The Kier molecular flexibility index (Phi) is 3.56. The number of carbonyl (C=O) groups excluding carboxylic acids is 1. The third kappa shape index (κ3) is 2.99. The second-order valence-electron chi connectivity index (χ2n) is 6.60. The number of nitrogens with zero attached hydrogens (tertiary/aromatic N) is 1. The standard InChI is InChI=1S/C17H23NO3/c1-12(2)18-11-17(3,21-16(18)19)14-5-4-6-15(9-14)20-10-13-7-8-13/h4-6,9,12-13H,7-8,10-11H2,1-3H3. The minimum Gasteiger partial charge on any atom is -0.493 e. The van der Waals surface area contributed by atoms with Crippen LogP contribution in [0.5, 0.6) is 5.75 Å². The van der Waals surface area contributed by atoms with E-state index in [0.717, 1.165) is 23.8 Å². The van der Waals surface area contributed by atoms with E-state index in [1.807, 2.05) is 45.0 Å². The summed E-state index contributed by atoms with van der Waals surface area (Å²) in [5.74, 6) is 1.59. The highest BCUT2D eigenvalue weighted by Gasteiger charge is 2.43. The first-order chi connectivity index (χ1) is 9.98. The molecule has 1 aromatic rings. The molecule has 2 aliphatic rings. The molecule has 1 unspecified atom stereocenters. The molecule has 1 aliphatic heterocycles. The predicted molar refractivity (Wildman–Crippen MR) is 80.3 cm³/mol. The number of benzene rings is 1. The lowest BCUT2D eigenvalue weighted by Crippen LogP contribution is -2.34. The molecule has 0 aromatic heterocycles. The van der Waals surface area contributed by atoms with Crippen molar-refractivity contribution in [2.75, 3.05) is 13.2 Å². The molecule has 1 saturated carbocycles. The van der Waals surface area contributed by atoms with Crippen molar-refractivity contribution in [1.29, 1.82) is 0 Å². The van der Waals surface area contributed by atoms with E-state index in [9.17, 15) is 4.79 Å². The van der Waals surface area contributed by atoms with Crippen molar-refractivity contribution >= 4 is 6.09 Å². The van der Waals surface area contributed by atoms with Gasteiger partial charge in [-0.3, -0.25) is 0 Å². The van der Waals surface area contributed by atoms with E-state index in [1.54, 1.807) is 4.90 Å². The molecule has 1 amide bonds. The molecule has 4 heteroatoms. The number of amides is 1. The van der Waals surface area contributed by atoms with E-state index in [-0.39, 0.29) is 12.1 Å². The van der Waals surface area contributed by atoms with Gasteiger partial charge in [0.15, 0.2) is 5.60 Å². The van der Waals surface area contributed by atoms with Crippen LogP contribution in [0.1, 0.15) is 39.2 Å². The van der Waals surface area contributed by atoms with E-state index < -0.39 is 5.60 Å². The second-order valence-corrected chi connectivity index (χ2v) is 6.60. The van der Waals surface area contributed by atoms with Crippen LogP contribution >= 0.6 is 0 Å². The van der Waals surface area contributed by atoms with E-state index in [2.05, 4.69) is 0 Å². The fourth-order valence-electron chi connectivity index (χ4n) is 2.63. The highest BCUT2D eigenvalue weighted by Crippen LogP contribution is 2.36. The zero-order valence-electron chi connectivity index (χ0n) is 13.0. The van der Waals surface area contributed by atoms with Crippen molar-refractivity contribution in [2.24, 2.45) is 5.92 Å². The van der Waals surface area contributed by atoms with Crippen LogP contribution in [0, 0.1) is 5.92 Å². The molecule has 1 atom stereocenters. The maximum absolute atomic E-state index is 12.0. The number of hydrogen-bond donors (Lipinski definition) is 0. The average molecular weight is 289 g/mol. The summed E-state index contributed by atoms with van der Waals surface area (Å²) in [5, 5.41) is 0. The van der Waals surface area contributed by atoms with E-state index in [1.165, 1.54) is 12.8 Å². The maximum Gasteiger partial charge on any atom is 0.411 e. The van der Waals surface area contributed by atoms with Gasteiger partial charge < -0.3 is 14.4 Å². The van der Waals surface area contributed by atoms with Gasteiger partial charge in [0.05, 0.1) is 13.2 Å². The van der Waals surface area contributed by atoms with Gasteiger partial charge in [-0.25, -0.2) is 4.79 Å². The van der Waals surface area contributed by atoms with Crippen LogP contribution in [0.25, 0.3) is 0 Å². The Bertz CT molecular complexity index is 539. The summed E-state index contributed by atoms with van der Waals surface area (Å²) < 4.78 is 11.5. The Morgan fingerprint density at radius 2 is 2.19 bits per heavy atom. The van der Waals surface area contributed by atoms with Crippen molar-refractivity contribution in [3.05, 3.63) is 29.8 Å². The molecule has 0 bridgehead atoms. The summed E-state index contributed by atoms with van der Waals surface area (Å²) >= 11 is 0. The highest BCUT2D eigenvalue weighted by atomic mass is 16.6. The van der Waals surface area contributed by atoms with Crippen LogP contribution in [-0.4, -0.2) is 30.2 Å². The van der Waals surface area contributed by atoms with Crippen molar-refractivity contribution < 1.29 is 14.3 Å². The molecule has 2 fully saturated rings. The molecule has 1 aromatic carbocycles. The summed E-state index contributed by atoms with van der Waals surface area (Å²) in [5.41, 5.74) is 0.396. The first kappa shape index (κ1) is 14.2. The van der Waals surface area contributed by atoms with Gasteiger partial charge in [-0.2, -0.15) is 0 Å². The van der Waals surface area contributed by atoms with Gasteiger partial charge >= 0.3 is 6.09 Å². The summed E-state index contributed by atoms with van der Waals surface area (Å²) in [4.78, 5) is 13.7. The molecule has 0 spiro atoms. The Morgan fingerprint density at radius 3 is 2.81 bits per heavy atom. The van der Waals surface area contributed by atoms with Crippen LogP contribution in [0.15, 0.2) is 24.3 Å². The average Bonchev–Trinajstić information content (AvgIpc) is 3.21. The van der Waals surface area contributed by atoms with Gasteiger partial charge in [0.25, 0.3) is 0 Å². The molecular weight excluding hydrogens is 266 g/mol. The second kappa shape index (κ2) is 5.24. The number of hydrogen-bond acceptors (Lipinski definition) is 3. The molecule has 4 nitrogen and oxygen atoms in total. The molecule has 1 saturated heterocycles. The maximum atomic E-state index is 12.0. The summed E-state index contributed by atoms with van der Waals surface area (Å²) in [6.07, 6.45) is 2.31. The largest absolute Gasteiger partial charge is 0.493 e. The van der Waals surface area contributed by atoms with Crippen LogP contribution in [0.3, 0.4) is 0 Å². The lowest BCUT2D eigenvalue weighted by atomic mass is 9.95. The first-order valence-corrected chi connectivity index (χ1v) is 7.71. The highest BCUT2D eigenvalue weighted by molar-refractivity contribution is 5.71. The number of ether oxygens (including phenoxy) is 2. The molecular formula is C17H23NO3. The zero-order valence-corrected chi connectivity index (χ0v) is 13.0. The molecule has 3 rings (SSSR count). The van der Waals surface area contributed by atoms with Gasteiger partial charge in [0.2, 0.25) is 0 Å². The summed E-state index contributed by atoms with van der Waals surface area (Å²) in [7, 11) is 0. The summed E-state index contributed by atoms with van der Waals surface area (Å²) in [6.45, 7) is 7.34. The third-order valence-corrected chi connectivity index (χ3v) is 4.27. The summed E-state index contributed by atoms with van der Waals surface area (Å²) in [6, 6.07) is 8.08. The molecule has 1 aliphatic carbocycles. The number of rotatable bonds is 5. The minimum absolute atomic E-state index is 0.147. The third-order valence-electron chi connectivity index (χ3n) is 4.27. The molecule has 21 heavy (non-hydrogen) atoms.